The minimum Gasteiger partial charge on any atom is -0.489 e. The second kappa shape index (κ2) is 28.1. The van der Waals surface area contributed by atoms with Gasteiger partial charge in [-0.25, -0.2) is 0 Å². The predicted octanol–water partition coefficient (Wildman–Crippen LogP) is 22.9. The molecule has 78 heavy (non-hydrogen) atoms. The fourth-order valence-corrected chi connectivity index (χ4v) is 12.4. The number of hydrogen-bond acceptors (Lipinski definition) is 6. The van der Waals surface area contributed by atoms with Crippen molar-refractivity contribution in [1.29, 1.82) is 0 Å². The maximum absolute atomic E-state index is 6.27. The van der Waals surface area contributed by atoms with Crippen LogP contribution in [0.15, 0.2) is 190 Å². The van der Waals surface area contributed by atoms with Gasteiger partial charge in [0.2, 0.25) is 0 Å². The fraction of sp³-hybridized carbons (Fsp3) is 0.389. The molecule has 0 amide bonds. The molecule has 0 aliphatic heterocycles. The van der Waals surface area contributed by atoms with E-state index in [0.717, 1.165) is 78.8 Å². The highest BCUT2D eigenvalue weighted by atomic mass is 16.5. The SMILES string of the molecule is CCCCCCCC1CCC(c2ccc(COc3ccc(N=Nc4ccc5ccccc5c4-c4c(N=Nc5ccc(OCc6ccc(C7CCC(CCCCCCC)CC7)cc6)cc5)ccc5ccccc45)cc3)cc2)CC1. The molecule has 2 saturated carbocycles. The molecule has 6 nitrogen and oxygen atoms in total. The average molecular weight is 1040 g/mol. The van der Waals surface area contributed by atoms with Crippen molar-refractivity contribution in [2.75, 3.05) is 0 Å². The van der Waals surface area contributed by atoms with E-state index in [1.165, 1.54) is 151 Å². The first-order valence-electron chi connectivity index (χ1n) is 30.1. The molecule has 2 aliphatic rings. The van der Waals surface area contributed by atoms with Gasteiger partial charge in [-0.1, -0.05) is 200 Å². The molecule has 402 valence electrons. The van der Waals surface area contributed by atoms with Gasteiger partial charge in [0.25, 0.3) is 0 Å². The Kier molecular flexibility index (Phi) is 19.6. The standard InChI is InChI=1S/C72H82N4O2/c1-3-5-7-9-11-17-53-23-31-57(32-24-53)59-35-27-55(28-36-59)51-77-65-45-41-63(42-46-65)73-75-69-49-39-61-19-13-15-21-67(61)71(69)72-68-22-16-14-20-62(68)40-50-70(72)76-74-64-43-47-66(48-44-64)78-52-56-29-37-60(38-30-56)58-33-25-54(26-34-58)18-12-10-8-6-4-2/h13-16,19-22,27-30,35-50,53-54,57-58H,3-12,17-18,23-26,31-34,51-52H2,1-2H3. The molecule has 2 fully saturated rings. The number of nitrogens with zero attached hydrogens (tertiary/aromatic N) is 4. The summed E-state index contributed by atoms with van der Waals surface area (Å²) >= 11 is 0. The van der Waals surface area contributed by atoms with E-state index in [2.05, 4.69) is 135 Å². The summed E-state index contributed by atoms with van der Waals surface area (Å²) in [6, 6.07) is 59.4. The Bertz CT molecular complexity index is 2950. The van der Waals surface area contributed by atoms with Crippen LogP contribution >= 0.6 is 0 Å². The summed E-state index contributed by atoms with van der Waals surface area (Å²) in [5.74, 6) is 4.84. The Morgan fingerprint density at radius 2 is 0.744 bits per heavy atom. The highest BCUT2D eigenvalue weighted by Crippen LogP contribution is 2.47. The van der Waals surface area contributed by atoms with Crippen molar-refractivity contribution >= 4 is 44.3 Å². The first-order chi connectivity index (χ1) is 38.6. The lowest BCUT2D eigenvalue weighted by Gasteiger charge is -2.29. The molecular weight excluding hydrogens is 953 g/mol. The number of unbranched alkanes of at least 4 members (excludes halogenated alkanes) is 8. The molecule has 0 bridgehead atoms. The summed E-state index contributed by atoms with van der Waals surface area (Å²) in [5.41, 5.74) is 10.2. The molecule has 0 unspecified atom stereocenters. The maximum atomic E-state index is 6.27. The van der Waals surface area contributed by atoms with Crippen LogP contribution in [0.5, 0.6) is 11.5 Å². The van der Waals surface area contributed by atoms with Crippen LogP contribution in [0.3, 0.4) is 0 Å². The van der Waals surface area contributed by atoms with E-state index in [4.69, 9.17) is 29.9 Å². The van der Waals surface area contributed by atoms with Gasteiger partial charge in [-0.2, -0.15) is 10.2 Å². The highest BCUT2D eigenvalue weighted by molar-refractivity contribution is 6.12. The molecule has 0 saturated heterocycles. The lowest BCUT2D eigenvalue weighted by Crippen LogP contribution is -2.13. The number of azo groups is 2. The van der Waals surface area contributed by atoms with Crippen LogP contribution in [-0.4, -0.2) is 0 Å². The van der Waals surface area contributed by atoms with Gasteiger partial charge in [-0.3, -0.25) is 0 Å². The number of ether oxygens (including phenoxy) is 2. The summed E-state index contributed by atoms with van der Waals surface area (Å²) in [4.78, 5) is 0. The van der Waals surface area contributed by atoms with E-state index < -0.39 is 0 Å². The summed E-state index contributed by atoms with van der Waals surface area (Å²) in [6.07, 6.45) is 27.5. The van der Waals surface area contributed by atoms with Crippen molar-refractivity contribution in [2.45, 2.75) is 167 Å². The third-order valence-electron chi connectivity index (χ3n) is 17.1. The van der Waals surface area contributed by atoms with Gasteiger partial charge in [0.15, 0.2) is 0 Å². The van der Waals surface area contributed by atoms with E-state index in [0.29, 0.717) is 25.0 Å². The molecule has 0 atom stereocenters. The fourth-order valence-electron chi connectivity index (χ4n) is 12.4. The molecule has 0 radical (unpaired) electrons. The topological polar surface area (TPSA) is 67.9 Å². The number of benzene rings is 8. The molecule has 10 rings (SSSR count). The molecule has 8 aromatic rings. The zero-order valence-corrected chi connectivity index (χ0v) is 46.6. The molecule has 0 aromatic heterocycles. The maximum Gasteiger partial charge on any atom is 0.119 e. The molecule has 2 aliphatic carbocycles. The number of rotatable bonds is 25. The van der Waals surface area contributed by atoms with E-state index in [-0.39, 0.29) is 0 Å². The third kappa shape index (κ3) is 14.8. The van der Waals surface area contributed by atoms with Crippen molar-refractivity contribution in [1.82, 2.24) is 0 Å². The Hall–Kier alpha value is -6.92. The van der Waals surface area contributed by atoms with Crippen molar-refractivity contribution in [3.8, 4) is 22.6 Å². The van der Waals surface area contributed by atoms with Crippen molar-refractivity contribution in [2.24, 2.45) is 32.3 Å². The summed E-state index contributed by atoms with van der Waals surface area (Å²) < 4.78 is 12.5. The van der Waals surface area contributed by atoms with Crippen molar-refractivity contribution in [3.63, 3.8) is 0 Å². The Balaban J connectivity index is 0.769. The van der Waals surface area contributed by atoms with Gasteiger partial charge in [-0.15, -0.1) is 10.2 Å². The first-order valence-corrected chi connectivity index (χ1v) is 30.1. The van der Waals surface area contributed by atoms with E-state index in [1.807, 2.05) is 48.5 Å². The van der Waals surface area contributed by atoms with Crippen LogP contribution in [-0.2, 0) is 13.2 Å². The Morgan fingerprint density at radius 3 is 1.14 bits per heavy atom. The van der Waals surface area contributed by atoms with Crippen molar-refractivity contribution in [3.05, 3.63) is 192 Å². The highest BCUT2D eigenvalue weighted by Gasteiger charge is 2.24. The van der Waals surface area contributed by atoms with Gasteiger partial charge >= 0.3 is 0 Å². The Labute approximate surface area is 465 Å². The van der Waals surface area contributed by atoms with E-state index in [9.17, 15) is 0 Å². The van der Waals surface area contributed by atoms with Gasteiger partial charge in [-0.05, 0) is 180 Å². The van der Waals surface area contributed by atoms with Crippen LogP contribution in [0.1, 0.15) is 176 Å². The average Bonchev–Trinajstić information content (AvgIpc) is 3.62. The van der Waals surface area contributed by atoms with Gasteiger partial charge in [0, 0.05) is 11.1 Å². The predicted molar refractivity (Wildman–Crippen MR) is 326 cm³/mol. The first kappa shape index (κ1) is 54.4. The van der Waals surface area contributed by atoms with Crippen LogP contribution in [0, 0.1) is 11.8 Å². The summed E-state index contributed by atoms with van der Waals surface area (Å²) in [6.45, 7) is 5.64. The second-order valence-corrected chi connectivity index (χ2v) is 22.7. The molecule has 0 spiro atoms. The minimum absolute atomic E-state index is 0.520. The smallest absolute Gasteiger partial charge is 0.119 e. The zero-order chi connectivity index (χ0) is 53.1. The summed E-state index contributed by atoms with van der Waals surface area (Å²) in [7, 11) is 0. The summed E-state index contributed by atoms with van der Waals surface area (Å²) in [5, 5.41) is 23.9. The van der Waals surface area contributed by atoms with Crippen LogP contribution in [0.25, 0.3) is 32.7 Å². The van der Waals surface area contributed by atoms with Gasteiger partial charge in [0.05, 0.1) is 22.7 Å². The van der Waals surface area contributed by atoms with Crippen LogP contribution in [0.2, 0.25) is 0 Å². The lowest BCUT2D eigenvalue weighted by atomic mass is 9.77. The Morgan fingerprint density at radius 1 is 0.359 bits per heavy atom. The van der Waals surface area contributed by atoms with E-state index >= 15 is 0 Å². The normalized spacial score (nSPS) is 17.8. The third-order valence-corrected chi connectivity index (χ3v) is 17.1. The molecule has 8 aromatic carbocycles. The molecular formula is C72H82N4O2. The van der Waals surface area contributed by atoms with Gasteiger partial charge < -0.3 is 9.47 Å². The lowest BCUT2D eigenvalue weighted by molar-refractivity contribution is 0.300. The van der Waals surface area contributed by atoms with E-state index in [1.54, 1.807) is 0 Å². The minimum atomic E-state index is 0.520. The van der Waals surface area contributed by atoms with Crippen LogP contribution in [0.4, 0.5) is 22.7 Å². The largest absolute Gasteiger partial charge is 0.489 e. The number of fused-ring (bicyclic) bond motifs is 2. The number of hydrogen-bond donors (Lipinski definition) is 0. The van der Waals surface area contributed by atoms with Crippen molar-refractivity contribution < 1.29 is 9.47 Å². The molecule has 0 heterocycles. The van der Waals surface area contributed by atoms with Gasteiger partial charge in [0.1, 0.15) is 24.7 Å². The van der Waals surface area contributed by atoms with Crippen LogP contribution < -0.4 is 9.47 Å². The monoisotopic (exact) mass is 1030 g/mol. The second-order valence-electron chi connectivity index (χ2n) is 22.7. The zero-order valence-electron chi connectivity index (χ0n) is 46.6. The molecule has 6 heteroatoms. The molecule has 0 N–H and O–H groups in total. The quantitative estimate of drug-likeness (QED) is 0.0423.